The molecule has 0 aromatic carbocycles. The van der Waals surface area contributed by atoms with Gasteiger partial charge in [0, 0.05) is 6.04 Å². The quantitative estimate of drug-likeness (QED) is 0.717. The van der Waals surface area contributed by atoms with Crippen LogP contribution in [-0.4, -0.2) is 11.0 Å². The molecule has 0 spiro atoms. The van der Waals surface area contributed by atoms with E-state index in [1.807, 2.05) is 12.1 Å². The Hall–Kier alpha value is -1.82. The van der Waals surface area contributed by atoms with E-state index in [4.69, 9.17) is 5.26 Å². The Morgan fingerprint density at radius 1 is 1.36 bits per heavy atom. The van der Waals surface area contributed by atoms with Gasteiger partial charge in [0.1, 0.15) is 11.8 Å². The van der Waals surface area contributed by atoms with Crippen molar-refractivity contribution in [3.8, 4) is 6.07 Å². The van der Waals surface area contributed by atoms with E-state index in [-0.39, 0.29) is 0 Å². The minimum absolute atomic E-state index is 0.458. The van der Waals surface area contributed by atoms with Gasteiger partial charge in [-0.15, -0.1) is 0 Å². The maximum absolute atomic E-state index is 8.57. The lowest BCUT2D eigenvalue weighted by molar-refractivity contribution is 0.786. The van der Waals surface area contributed by atoms with Gasteiger partial charge in [0.05, 0.1) is 11.9 Å². The highest BCUT2D eigenvalue weighted by molar-refractivity contribution is 5.44. The first kappa shape index (κ1) is 8.76. The number of nitrogens with zero attached hydrogens (tertiary/aromatic N) is 2. The number of aromatic nitrogens is 1. The summed E-state index contributed by atoms with van der Waals surface area (Å²) in [6.07, 6.45) is 8.19. The number of rotatable bonds is 2. The van der Waals surface area contributed by atoms with Crippen LogP contribution in [0.15, 0.2) is 30.5 Å². The van der Waals surface area contributed by atoms with Crippen molar-refractivity contribution in [2.45, 2.75) is 18.9 Å². The Bertz CT molecular complexity index is 365. The van der Waals surface area contributed by atoms with Crippen LogP contribution in [0.3, 0.4) is 0 Å². The zero-order valence-corrected chi connectivity index (χ0v) is 7.77. The van der Waals surface area contributed by atoms with Crippen LogP contribution < -0.4 is 5.32 Å². The fourth-order valence-electron chi connectivity index (χ4n) is 1.52. The highest BCUT2D eigenvalue weighted by Crippen LogP contribution is 2.15. The van der Waals surface area contributed by atoms with Crippen molar-refractivity contribution in [3.05, 3.63) is 36.2 Å². The number of hydrogen-bond donors (Lipinski definition) is 1. The molecule has 1 aliphatic rings. The van der Waals surface area contributed by atoms with E-state index < -0.39 is 0 Å². The second-order valence-corrected chi connectivity index (χ2v) is 3.33. The third-order valence-corrected chi connectivity index (χ3v) is 2.26. The maximum atomic E-state index is 8.57. The molecule has 0 saturated heterocycles. The first-order chi connectivity index (χ1) is 6.88. The van der Waals surface area contributed by atoms with Crippen LogP contribution in [0.5, 0.6) is 0 Å². The molecule has 0 unspecified atom stereocenters. The fourth-order valence-corrected chi connectivity index (χ4v) is 1.52. The molecule has 0 radical (unpaired) electrons. The van der Waals surface area contributed by atoms with Crippen molar-refractivity contribution >= 4 is 5.69 Å². The molecule has 0 fully saturated rings. The number of anilines is 1. The van der Waals surface area contributed by atoms with Crippen molar-refractivity contribution in [1.82, 2.24) is 4.98 Å². The highest BCUT2D eigenvalue weighted by atomic mass is 14.9. The first-order valence-electron chi connectivity index (χ1n) is 4.66. The first-order valence-corrected chi connectivity index (χ1v) is 4.66. The summed E-state index contributed by atoms with van der Waals surface area (Å²) in [6, 6.07) is 6.11. The van der Waals surface area contributed by atoms with E-state index in [0.717, 1.165) is 18.5 Å². The van der Waals surface area contributed by atoms with Crippen molar-refractivity contribution in [1.29, 1.82) is 5.26 Å². The van der Waals surface area contributed by atoms with Crippen molar-refractivity contribution in [2.75, 3.05) is 5.32 Å². The molecule has 0 bridgehead atoms. The van der Waals surface area contributed by atoms with E-state index in [1.165, 1.54) is 0 Å². The van der Waals surface area contributed by atoms with Crippen LogP contribution >= 0.6 is 0 Å². The Morgan fingerprint density at radius 3 is 2.71 bits per heavy atom. The van der Waals surface area contributed by atoms with Crippen molar-refractivity contribution < 1.29 is 0 Å². The summed E-state index contributed by atoms with van der Waals surface area (Å²) in [5, 5.41) is 11.9. The molecule has 3 heteroatoms. The lowest BCUT2D eigenvalue weighted by atomic mass is 10.2. The molecule has 1 aliphatic carbocycles. The molecule has 1 heterocycles. The van der Waals surface area contributed by atoms with Gasteiger partial charge in [-0.3, -0.25) is 0 Å². The molecule has 1 aromatic heterocycles. The monoisotopic (exact) mass is 185 g/mol. The number of hydrogen-bond acceptors (Lipinski definition) is 3. The second-order valence-electron chi connectivity index (χ2n) is 3.33. The van der Waals surface area contributed by atoms with Crippen LogP contribution in [0.1, 0.15) is 18.5 Å². The molecular formula is C11H11N3. The lowest BCUT2D eigenvalue weighted by Gasteiger charge is -2.12. The lowest BCUT2D eigenvalue weighted by Crippen LogP contribution is -2.14. The van der Waals surface area contributed by atoms with Gasteiger partial charge in [0.15, 0.2) is 0 Å². The summed E-state index contributed by atoms with van der Waals surface area (Å²) in [5.74, 6) is 0. The standard InChI is InChI=1S/C11H11N3/c12-7-10-5-6-11(8-13-10)14-9-3-1-2-4-9/h1-2,5-6,8-9,14H,3-4H2. The Labute approximate surface area is 83.1 Å². The molecule has 1 aromatic rings. The molecule has 3 nitrogen and oxygen atoms in total. The zero-order valence-electron chi connectivity index (χ0n) is 7.77. The summed E-state index contributed by atoms with van der Waals surface area (Å²) in [7, 11) is 0. The second kappa shape index (κ2) is 3.93. The third-order valence-electron chi connectivity index (χ3n) is 2.26. The maximum Gasteiger partial charge on any atom is 0.140 e. The van der Waals surface area contributed by atoms with Gasteiger partial charge in [0.25, 0.3) is 0 Å². The average molecular weight is 185 g/mol. The predicted octanol–water partition coefficient (Wildman–Crippen LogP) is 2.08. The molecular weight excluding hydrogens is 174 g/mol. The highest BCUT2D eigenvalue weighted by Gasteiger charge is 2.09. The number of pyridine rings is 1. The molecule has 70 valence electrons. The van der Waals surface area contributed by atoms with E-state index in [9.17, 15) is 0 Å². The summed E-state index contributed by atoms with van der Waals surface area (Å²) < 4.78 is 0. The summed E-state index contributed by atoms with van der Waals surface area (Å²) >= 11 is 0. The van der Waals surface area contributed by atoms with Crippen LogP contribution in [0, 0.1) is 11.3 Å². The van der Waals surface area contributed by atoms with E-state index in [1.54, 1.807) is 12.3 Å². The van der Waals surface area contributed by atoms with Gasteiger partial charge in [-0.2, -0.15) is 5.26 Å². The molecule has 0 atom stereocenters. The van der Waals surface area contributed by atoms with Gasteiger partial charge in [0.2, 0.25) is 0 Å². The predicted molar refractivity (Wildman–Crippen MR) is 54.7 cm³/mol. The van der Waals surface area contributed by atoms with Gasteiger partial charge in [-0.05, 0) is 25.0 Å². The SMILES string of the molecule is N#Cc1ccc(NC2CC=CC2)cn1. The minimum Gasteiger partial charge on any atom is -0.380 e. The largest absolute Gasteiger partial charge is 0.380 e. The van der Waals surface area contributed by atoms with Gasteiger partial charge in [-0.25, -0.2) is 4.98 Å². The van der Waals surface area contributed by atoms with E-state index >= 15 is 0 Å². The summed E-state index contributed by atoms with van der Waals surface area (Å²) in [5.41, 5.74) is 1.44. The molecule has 2 rings (SSSR count). The third kappa shape index (κ3) is 1.91. The van der Waals surface area contributed by atoms with Gasteiger partial charge >= 0.3 is 0 Å². The van der Waals surface area contributed by atoms with Crippen molar-refractivity contribution in [3.63, 3.8) is 0 Å². The topological polar surface area (TPSA) is 48.7 Å². The number of nitrogens with one attached hydrogen (secondary N) is 1. The van der Waals surface area contributed by atoms with Crippen LogP contribution in [-0.2, 0) is 0 Å². The molecule has 0 amide bonds. The van der Waals surface area contributed by atoms with Crippen molar-refractivity contribution in [2.24, 2.45) is 0 Å². The zero-order chi connectivity index (χ0) is 9.80. The summed E-state index contributed by atoms with van der Waals surface area (Å²) in [4.78, 5) is 4.00. The van der Waals surface area contributed by atoms with Crippen LogP contribution in [0.4, 0.5) is 5.69 Å². The normalized spacial score (nSPS) is 15.4. The van der Waals surface area contributed by atoms with E-state index in [2.05, 4.69) is 22.5 Å². The van der Waals surface area contributed by atoms with Gasteiger partial charge in [-0.1, -0.05) is 12.2 Å². The Morgan fingerprint density at radius 2 is 2.14 bits per heavy atom. The Balaban J connectivity index is 2.00. The molecule has 0 aliphatic heterocycles. The smallest absolute Gasteiger partial charge is 0.140 e. The van der Waals surface area contributed by atoms with E-state index in [0.29, 0.717) is 11.7 Å². The molecule has 0 saturated carbocycles. The average Bonchev–Trinajstić information content (AvgIpc) is 2.72. The summed E-state index contributed by atoms with van der Waals surface area (Å²) in [6.45, 7) is 0. The van der Waals surface area contributed by atoms with Crippen LogP contribution in [0.25, 0.3) is 0 Å². The van der Waals surface area contributed by atoms with Crippen LogP contribution in [0.2, 0.25) is 0 Å². The van der Waals surface area contributed by atoms with Gasteiger partial charge < -0.3 is 5.32 Å². The minimum atomic E-state index is 0.458. The Kier molecular flexibility index (Phi) is 2.46. The molecule has 1 N–H and O–H groups in total. The number of nitriles is 1. The molecule has 14 heavy (non-hydrogen) atoms. The fraction of sp³-hybridized carbons (Fsp3) is 0.273.